The van der Waals surface area contributed by atoms with Crippen LogP contribution in [0.4, 0.5) is 0 Å². The largest absolute Gasteiger partial charge is 0.459 e. The highest BCUT2D eigenvalue weighted by Gasteiger charge is 2.09. The van der Waals surface area contributed by atoms with Gasteiger partial charge in [-0.05, 0) is 30.1 Å². The number of hydrogen-bond acceptors (Lipinski definition) is 3. The van der Waals surface area contributed by atoms with Crippen LogP contribution in [0.5, 0.6) is 0 Å². The van der Waals surface area contributed by atoms with Crippen molar-refractivity contribution >= 4 is 17.7 Å². The molecule has 0 aliphatic carbocycles. The molecule has 0 aliphatic heterocycles. The normalized spacial score (nSPS) is 12.4. The van der Waals surface area contributed by atoms with Crippen LogP contribution in [0, 0.1) is 5.92 Å². The van der Waals surface area contributed by atoms with Crippen LogP contribution in [0.15, 0.2) is 22.8 Å². The molecule has 1 amide bonds. The number of nitrogens with one attached hydrogen (secondary N) is 1. The van der Waals surface area contributed by atoms with Crippen LogP contribution >= 0.6 is 11.8 Å². The molecule has 0 saturated heterocycles. The average molecular weight is 213 g/mol. The molecule has 0 bridgehead atoms. The van der Waals surface area contributed by atoms with Crippen LogP contribution in [-0.4, -0.2) is 24.5 Å². The average Bonchev–Trinajstić information content (AvgIpc) is 2.67. The summed E-state index contributed by atoms with van der Waals surface area (Å²) in [6.45, 7) is 2.80. The molecule has 0 aliphatic rings. The van der Waals surface area contributed by atoms with Gasteiger partial charge in [0.1, 0.15) is 0 Å². The molecule has 1 heterocycles. The van der Waals surface area contributed by atoms with E-state index in [2.05, 4.69) is 18.5 Å². The Hall–Kier alpha value is -0.900. The summed E-state index contributed by atoms with van der Waals surface area (Å²) in [4.78, 5) is 11.4. The van der Waals surface area contributed by atoms with Gasteiger partial charge in [0.25, 0.3) is 5.91 Å². The predicted molar refractivity (Wildman–Crippen MR) is 58.6 cm³/mol. The number of carbonyl (C=O) groups excluding carboxylic acids is 1. The maximum absolute atomic E-state index is 11.4. The van der Waals surface area contributed by atoms with Crippen molar-refractivity contribution in [2.24, 2.45) is 5.92 Å². The van der Waals surface area contributed by atoms with Gasteiger partial charge in [0.15, 0.2) is 5.76 Å². The Morgan fingerprint density at radius 3 is 3.07 bits per heavy atom. The highest BCUT2D eigenvalue weighted by molar-refractivity contribution is 7.98. The van der Waals surface area contributed by atoms with Crippen LogP contribution < -0.4 is 5.32 Å². The number of thioether (sulfide) groups is 1. The van der Waals surface area contributed by atoms with Gasteiger partial charge in [-0.1, -0.05) is 6.92 Å². The van der Waals surface area contributed by atoms with Gasteiger partial charge < -0.3 is 9.73 Å². The molecule has 0 spiro atoms. The van der Waals surface area contributed by atoms with E-state index >= 15 is 0 Å². The van der Waals surface area contributed by atoms with Crippen molar-refractivity contribution in [2.75, 3.05) is 18.6 Å². The van der Waals surface area contributed by atoms with E-state index in [0.717, 1.165) is 5.75 Å². The molecule has 3 nitrogen and oxygen atoms in total. The third kappa shape index (κ3) is 3.46. The summed E-state index contributed by atoms with van der Waals surface area (Å²) in [5.74, 6) is 1.78. The Bertz CT molecular complexity index is 272. The zero-order chi connectivity index (χ0) is 10.4. The fourth-order valence-electron chi connectivity index (χ4n) is 1.11. The van der Waals surface area contributed by atoms with Crippen LogP contribution in [0.3, 0.4) is 0 Å². The Labute approximate surface area is 88.2 Å². The summed E-state index contributed by atoms with van der Waals surface area (Å²) in [7, 11) is 0. The van der Waals surface area contributed by atoms with Crippen molar-refractivity contribution in [1.29, 1.82) is 0 Å². The maximum Gasteiger partial charge on any atom is 0.286 e. The molecule has 1 unspecified atom stereocenters. The number of amides is 1. The Morgan fingerprint density at radius 1 is 1.71 bits per heavy atom. The molecule has 78 valence electrons. The van der Waals surface area contributed by atoms with E-state index in [0.29, 0.717) is 18.2 Å². The molecule has 0 aromatic carbocycles. The summed E-state index contributed by atoms with van der Waals surface area (Å²) in [6.07, 6.45) is 3.56. The van der Waals surface area contributed by atoms with Gasteiger partial charge in [-0.15, -0.1) is 0 Å². The summed E-state index contributed by atoms with van der Waals surface area (Å²) in [5.41, 5.74) is 0. The molecular formula is C10H15NO2S. The van der Waals surface area contributed by atoms with Gasteiger partial charge >= 0.3 is 0 Å². The second-order valence-corrected chi connectivity index (χ2v) is 4.16. The quantitative estimate of drug-likeness (QED) is 0.813. The number of hydrogen-bond donors (Lipinski definition) is 1. The van der Waals surface area contributed by atoms with Crippen molar-refractivity contribution in [3.8, 4) is 0 Å². The number of furan rings is 1. The van der Waals surface area contributed by atoms with Gasteiger partial charge in [-0.2, -0.15) is 11.8 Å². The number of rotatable bonds is 5. The summed E-state index contributed by atoms with van der Waals surface area (Å²) >= 11 is 1.78. The lowest BCUT2D eigenvalue weighted by molar-refractivity contribution is 0.0921. The van der Waals surface area contributed by atoms with Gasteiger partial charge in [0.2, 0.25) is 0 Å². The smallest absolute Gasteiger partial charge is 0.286 e. The first-order valence-electron chi connectivity index (χ1n) is 4.54. The lowest BCUT2D eigenvalue weighted by atomic mass is 10.2. The standard InChI is InChI=1S/C10H15NO2S/c1-8(7-14-2)6-11-10(12)9-4-3-5-13-9/h3-5,8H,6-7H2,1-2H3,(H,11,12). The van der Waals surface area contributed by atoms with Crippen LogP contribution in [0.2, 0.25) is 0 Å². The van der Waals surface area contributed by atoms with Crippen molar-refractivity contribution in [2.45, 2.75) is 6.92 Å². The van der Waals surface area contributed by atoms with E-state index in [1.807, 2.05) is 0 Å². The van der Waals surface area contributed by atoms with Gasteiger partial charge in [0.05, 0.1) is 6.26 Å². The first-order valence-corrected chi connectivity index (χ1v) is 5.94. The fraction of sp³-hybridized carbons (Fsp3) is 0.500. The van der Waals surface area contributed by atoms with E-state index in [1.54, 1.807) is 23.9 Å². The minimum atomic E-state index is -0.136. The molecular weight excluding hydrogens is 198 g/mol. The van der Waals surface area contributed by atoms with Crippen LogP contribution in [0.25, 0.3) is 0 Å². The topological polar surface area (TPSA) is 42.2 Å². The number of carbonyl (C=O) groups is 1. The summed E-state index contributed by atoms with van der Waals surface area (Å²) < 4.78 is 4.97. The zero-order valence-corrected chi connectivity index (χ0v) is 9.26. The van der Waals surface area contributed by atoms with Gasteiger partial charge in [-0.3, -0.25) is 4.79 Å². The van der Waals surface area contributed by atoms with Crippen LogP contribution in [0.1, 0.15) is 17.5 Å². The SMILES string of the molecule is CSCC(C)CNC(=O)c1ccco1. The first kappa shape index (κ1) is 11.2. The second kappa shape index (κ2) is 5.75. The molecule has 1 aromatic rings. The maximum atomic E-state index is 11.4. The van der Waals surface area contributed by atoms with Crippen molar-refractivity contribution < 1.29 is 9.21 Å². The molecule has 0 saturated carbocycles. The molecule has 1 aromatic heterocycles. The molecule has 0 radical (unpaired) electrons. The van der Waals surface area contributed by atoms with E-state index in [-0.39, 0.29) is 5.91 Å². The highest BCUT2D eigenvalue weighted by atomic mass is 32.2. The summed E-state index contributed by atoms with van der Waals surface area (Å²) in [5, 5.41) is 2.82. The predicted octanol–water partition coefficient (Wildman–Crippen LogP) is 2.01. The third-order valence-corrected chi connectivity index (χ3v) is 2.71. The first-order chi connectivity index (χ1) is 6.74. The zero-order valence-electron chi connectivity index (χ0n) is 8.45. The minimum Gasteiger partial charge on any atom is -0.459 e. The van der Waals surface area contributed by atoms with Gasteiger partial charge in [0, 0.05) is 6.54 Å². The summed E-state index contributed by atoms with van der Waals surface area (Å²) in [6, 6.07) is 3.37. The molecule has 0 fully saturated rings. The second-order valence-electron chi connectivity index (χ2n) is 3.25. The van der Waals surface area contributed by atoms with Crippen molar-refractivity contribution in [1.82, 2.24) is 5.32 Å². The lowest BCUT2D eigenvalue weighted by Crippen LogP contribution is -2.28. The fourth-order valence-corrected chi connectivity index (χ4v) is 1.79. The molecule has 1 N–H and O–H groups in total. The van der Waals surface area contributed by atoms with E-state index in [1.165, 1.54) is 6.26 Å². The van der Waals surface area contributed by atoms with Crippen molar-refractivity contribution in [3.63, 3.8) is 0 Å². The van der Waals surface area contributed by atoms with Crippen LogP contribution in [-0.2, 0) is 0 Å². The van der Waals surface area contributed by atoms with E-state index in [9.17, 15) is 4.79 Å². The Morgan fingerprint density at radius 2 is 2.50 bits per heavy atom. The minimum absolute atomic E-state index is 0.136. The van der Waals surface area contributed by atoms with E-state index < -0.39 is 0 Å². The van der Waals surface area contributed by atoms with Crippen molar-refractivity contribution in [3.05, 3.63) is 24.2 Å². The molecule has 1 atom stereocenters. The Balaban J connectivity index is 2.28. The monoisotopic (exact) mass is 213 g/mol. The molecule has 1 rings (SSSR count). The molecule has 4 heteroatoms. The lowest BCUT2D eigenvalue weighted by Gasteiger charge is -2.09. The highest BCUT2D eigenvalue weighted by Crippen LogP contribution is 2.04. The van der Waals surface area contributed by atoms with E-state index in [4.69, 9.17) is 4.42 Å². The molecule has 14 heavy (non-hydrogen) atoms. The Kier molecular flexibility index (Phi) is 4.59. The van der Waals surface area contributed by atoms with Gasteiger partial charge in [-0.25, -0.2) is 0 Å². The third-order valence-electron chi connectivity index (χ3n) is 1.81.